The molecule has 5 nitrogen and oxygen atoms in total. The highest BCUT2D eigenvalue weighted by atomic mass is 15.2. The highest BCUT2D eigenvalue weighted by Crippen LogP contribution is 2.38. The van der Waals surface area contributed by atoms with Gasteiger partial charge in [0.1, 0.15) is 11.6 Å². The quantitative estimate of drug-likeness (QED) is 0.930. The van der Waals surface area contributed by atoms with Crippen LogP contribution in [0.25, 0.3) is 0 Å². The Labute approximate surface area is 118 Å². The van der Waals surface area contributed by atoms with E-state index in [0.29, 0.717) is 11.8 Å². The molecule has 0 spiro atoms. The summed E-state index contributed by atoms with van der Waals surface area (Å²) in [6.45, 7) is 2.12. The van der Waals surface area contributed by atoms with E-state index >= 15 is 0 Å². The van der Waals surface area contributed by atoms with Crippen molar-refractivity contribution in [2.75, 3.05) is 18.0 Å². The minimum Gasteiger partial charge on any atom is -0.356 e. The number of hydrogen-bond acceptors (Lipinski definition) is 4. The SMILES string of the molecule is c1cc(C2CCN(c3ccnc(C4CC4)n3)CC2)[nH]n1. The molecule has 5 heteroatoms. The molecule has 0 atom stereocenters. The van der Waals surface area contributed by atoms with Crippen LogP contribution in [-0.4, -0.2) is 33.3 Å². The van der Waals surface area contributed by atoms with E-state index in [0.717, 1.165) is 37.6 Å². The van der Waals surface area contributed by atoms with Gasteiger partial charge in [0.05, 0.1) is 0 Å². The van der Waals surface area contributed by atoms with E-state index in [9.17, 15) is 0 Å². The molecule has 2 aliphatic rings. The molecule has 2 aromatic rings. The van der Waals surface area contributed by atoms with E-state index in [4.69, 9.17) is 4.98 Å². The van der Waals surface area contributed by atoms with Gasteiger partial charge in [-0.3, -0.25) is 5.10 Å². The van der Waals surface area contributed by atoms with Crippen LogP contribution in [-0.2, 0) is 0 Å². The Bertz CT molecular complexity index is 568. The largest absolute Gasteiger partial charge is 0.356 e. The molecule has 1 N–H and O–H groups in total. The smallest absolute Gasteiger partial charge is 0.133 e. The third-order valence-corrected chi connectivity index (χ3v) is 4.38. The van der Waals surface area contributed by atoms with E-state index in [1.165, 1.54) is 18.5 Å². The van der Waals surface area contributed by atoms with Crippen LogP contribution in [0.1, 0.15) is 49.0 Å². The Morgan fingerprint density at radius 3 is 2.55 bits per heavy atom. The van der Waals surface area contributed by atoms with Crippen LogP contribution in [0, 0.1) is 0 Å². The molecular weight excluding hydrogens is 250 g/mol. The summed E-state index contributed by atoms with van der Waals surface area (Å²) in [4.78, 5) is 11.5. The van der Waals surface area contributed by atoms with Gasteiger partial charge in [0.2, 0.25) is 0 Å². The molecule has 1 saturated heterocycles. The number of anilines is 1. The van der Waals surface area contributed by atoms with Crippen molar-refractivity contribution < 1.29 is 0 Å². The predicted molar refractivity (Wildman–Crippen MR) is 76.8 cm³/mol. The molecule has 20 heavy (non-hydrogen) atoms. The second-order valence-corrected chi connectivity index (χ2v) is 5.82. The monoisotopic (exact) mass is 269 g/mol. The Balaban J connectivity index is 1.44. The molecule has 4 rings (SSSR count). The second-order valence-electron chi connectivity index (χ2n) is 5.82. The number of piperidine rings is 1. The molecule has 0 aromatic carbocycles. The maximum absolute atomic E-state index is 4.74. The topological polar surface area (TPSA) is 57.7 Å². The number of rotatable bonds is 3. The molecule has 2 fully saturated rings. The van der Waals surface area contributed by atoms with Gasteiger partial charge in [-0.25, -0.2) is 9.97 Å². The molecule has 1 aliphatic carbocycles. The average Bonchev–Trinajstić information content (AvgIpc) is 3.23. The van der Waals surface area contributed by atoms with E-state index < -0.39 is 0 Å². The summed E-state index contributed by atoms with van der Waals surface area (Å²) < 4.78 is 0. The average molecular weight is 269 g/mol. The van der Waals surface area contributed by atoms with Gasteiger partial charge in [0.15, 0.2) is 0 Å². The van der Waals surface area contributed by atoms with E-state index in [1.54, 1.807) is 0 Å². The van der Waals surface area contributed by atoms with Gasteiger partial charge in [-0.15, -0.1) is 0 Å². The normalized spacial score (nSPS) is 20.3. The highest BCUT2D eigenvalue weighted by molar-refractivity contribution is 5.39. The Morgan fingerprint density at radius 2 is 1.85 bits per heavy atom. The molecular formula is C15H19N5. The van der Waals surface area contributed by atoms with Crippen LogP contribution < -0.4 is 4.90 Å². The summed E-state index contributed by atoms with van der Waals surface area (Å²) in [5.74, 6) is 3.37. The molecule has 104 valence electrons. The van der Waals surface area contributed by atoms with Crippen molar-refractivity contribution >= 4 is 5.82 Å². The summed E-state index contributed by atoms with van der Waals surface area (Å²) >= 11 is 0. The fourth-order valence-corrected chi connectivity index (χ4v) is 2.99. The molecule has 0 unspecified atom stereocenters. The van der Waals surface area contributed by atoms with Gasteiger partial charge >= 0.3 is 0 Å². The lowest BCUT2D eigenvalue weighted by atomic mass is 9.94. The third-order valence-electron chi connectivity index (χ3n) is 4.38. The Kier molecular flexibility index (Phi) is 2.90. The number of hydrogen-bond donors (Lipinski definition) is 1. The lowest BCUT2D eigenvalue weighted by Crippen LogP contribution is -2.33. The predicted octanol–water partition coefficient (Wildman–Crippen LogP) is 2.46. The van der Waals surface area contributed by atoms with Gasteiger partial charge < -0.3 is 4.90 Å². The molecule has 0 radical (unpaired) electrons. The van der Waals surface area contributed by atoms with Gasteiger partial charge in [0, 0.05) is 43.0 Å². The summed E-state index contributed by atoms with van der Waals surface area (Å²) in [6.07, 6.45) is 8.58. The molecule has 0 bridgehead atoms. The summed E-state index contributed by atoms with van der Waals surface area (Å²) in [5.41, 5.74) is 1.27. The molecule has 0 amide bonds. The van der Waals surface area contributed by atoms with Crippen LogP contribution in [0.4, 0.5) is 5.82 Å². The maximum atomic E-state index is 4.74. The first-order valence-corrected chi connectivity index (χ1v) is 7.47. The third kappa shape index (κ3) is 2.28. The number of H-pyrrole nitrogens is 1. The van der Waals surface area contributed by atoms with Crippen molar-refractivity contribution in [1.29, 1.82) is 0 Å². The second kappa shape index (κ2) is 4.89. The Morgan fingerprint density at radius 1 is 1.00 bits per heavy atom. The first-order chi connectivity index (χ1) is 9.90. The Hall–Kier alpha value is -1.91. The van der Waals surface area contributed by atoms with E-state index in [2.05, 4.69) is 26.1 Å². The van der Waals surface area contributed by atoms with Gasteiger partial charge in [-0.1, -0.05) is 0 Å². The molecule has 2 aromatic heterocycles. The minimum atomic E-state index is 0.610. The van der Waals surface area contributed by atoms with Crippen LogP contribution in [0.3, 0.4) is 0 Å². The highest BCUT2D eigenvalue weighted by Gasteiger charge is 2.28. The van der Waals surface area contributed by atoms with Crippen molar-refractivity contribution in [1.82, 2.24) is 20.2 Å². The van der Waals surface area contributed by atoms with Crippen LogP contribution in [0.5, 0.6) is 0 Å². The number of aromatic amines is 1. The fourth-order valence-electron chi connectivity index (χ4n) is 2.99. The van der Waals surface area contributed by atoms with Gasteiger partial charge in [-0.05, 0) is 37.8 Å². The molecule has 3 heterocycles. The van der Waals surface area contributed by atoms with E-state index in [-0.39, 0.29) is 0 Å². The summed E-state index contributed by atoms with van der Waals surface area (Å²) in [7, 11) is 0. The van der Waals surface area contributed by atoms with Crippen LogP contribution >= 0.6 is 0 Å². The zero-order chi connectivity index (χ0) is 13.4. The van der Waals surface area contributed by atoms with Crippen molar-refractivity contribution in [3.8, 4) is 0 Å². The van der Waals surface area contributed by atoms with Crippen molar-refractivity contribution in [3.05, 3.63) is 36.0 Å². The van der Waals surface area contributed by atoms with Gasteiger partial charge in [0.25, 0.3) is 0 Å². The standard InChI is InChI=1S/C15H19N5/c1-2-12(1)15-16-7-4-14(18-15)20-9-5-11(6-10-20)13-3-8-17-19-13/h3-4,7-8,11-12H,1-2,5-6,9-10H2,(H,17,19). The van der Waals surface area contributed by atoms with Crippen molar-refractivity contribution in [2.24, 2.45) is 0 Å². The summed E-state index contributed by atoms with van der Waals surface area (Å²) in [6, 6.07) is 4.14. The number of nitrogens with zero attached hydrogens (tertiary/aromatic N) is 4. The lowest BCUT2D eigenvalue weighted by molar-refractivity contribution is 0.492. The van der Waals surface area contributed by atoms with Crippen molar-refractivity contribution in [2.45, 2.75) is 37.5 Å². The zero-order valence-electron chi connectivity index (χ0n) is 11.5. The van der Waals surface area contributed by atoms with Crippen LogP contribution in [0.2, 0.25) is 0 Å². The number of aromatic nitrogens is 4. The number of nitrogens with one attached hydrogen (secondary N) is 1. The van der Waals surface area contributed by atoms with Crippen molar-refractivity contribution in [3.63, 3.8) is 0 Å². The van der Waals surface area contributed by atoms with Crippen LogP contribution in [0.15, 0.2) is 24.5 Å². The maximum Gasteiger partial charge on any atom is 0.133 e. The first kappa shape index (κ1) is 11.9. The van der Waals surface area contributed by atoms with Gasteiger partial charge in [-0.2, -0.15) is 5.10 Å². The fraction of sp³-hybridized carbons (Fsp3) is 0.533. The lowest BCUT2D eigenvalue weighted by Gasteiger charge is -2.32. The molecule has 1 aliphatic heterocycles. The summed E-state index contributed by atoms with van der Waals surface area (Å²) in [5, 5.41) is 7.15. The zero-order valence-corrected chi connectivity index (χ0v) is 11.5. The first-order valence-electron chi connectivity index (χ1n) is 7.47. The van der Waals surface area contributed by atoms with E-state index in [1.807, 2.05) is 18.5 Å². The molecule has 1 saturated carbocycles. The minimum absolute atomic E-state index is 0.610.